The molecule has 0 radical (unpaired) electrons. The lowest BCUT2D eigenvalue weighted by molar-refractivity contribution is -0.137. The minimum Gasteiger partial charge on any atom is -0.444 e. The maximum absolute atomic E-state index is 12.8. The number of likely N-dealkylation sites (tertiary alicyclic amines) is 1. The van der Waals surface area contributed by atoms with E-state index in [0.717, 1.165) is 25.0 Å². The van der Waals surface area contributed by atoms with Crippen molar-refractivity contribution in [3.63, 3.8) is 0 Å². The zero-order valence-electron chi connectivity index (χ0n) is 15.7. The Morgan fingerprint density at radius 1 is 1.22 bits per heavy atom. The molecule has 1 aromatic carbocycles. The smallest absolute Gasteiger partial charge is 0.416 e. The number of ether oxygens (including phenoxy) is 1. The summed E-state index contributed by atoms with van der Waals surface area (Å²) in [5.41, 5.74) is -1.09. The van der Waals surface area contributed by atoms with Gasteiger partial charge in [-0.05, 0) is 57.7 Å². The van der Waals surface area contributed by atoms with Gasteiger partial charge in [-0.15, -0.1) is 0 Å². The van der Waals surface area contributed by atoms with E-state index in [0.29, 0.717) is 18.5 Å². The molecule has 2 rings (SSSR count). The van der Waals surface area contributed by atoms with Crippen LogP contribution in [0.25, 0.3) is 0 Å². The van der Waals surface area contributed by atoms with Crippen LogP contribution in [0, 0.1) is 0 Å². The molecule has 8 heteroatoms. The Kier molecular flexibility index (Phi) is 6.38. The van der Waals surface area contributed by atoms with E-state index in [9.17, 15) is 22.8 Å². The Bertz CT molecular complexity index is 684. The molecule has 1 aliphatic rings. The molecule has 150 valence electrons. The number of nitrogens with one attached hydrogen (secondary N) is 1. The second-order valence-corrected chi connectivity index (χ2v) is 7.60. The SMILES string of the molecule is CC(C)(C)OC(=O)N1CCCC[C@@H]1C(=O)NCc1cccc(C(F)(F)F)c1. The fourth-order valence-electron chi connectivity index (χ4n) is 2.91. The highest BCUT2D eigenvalue weighted by molar-refractivity contribution is 5.85. The van der Waals surface area contributed by atoms with Gasteiger partial charge in [0.1, 0.15) is 11.6 Å². The summed E-state index contributed by atoms with van der Waals surface area (Å²) in [7, 11) is 0. The Morgan fingerprint density at radius 2 is 1.93 bits per heavy atom. The third-order valence-electron chi connectivity index (χ3n) is 4.15. The molecule has 0 aromatic heterocycles. The molecule has 27 heavy (non-hydrogen) atoms. The van der Waals surface area contributed by atoms with E-state index in [2.05, 4.69) is 5.32 Å². The highest BCUT2D eigenvalue weighted by Gasteiger charge is 2.35. The molecule has 0 spiro atoms. The Hall–Kier alpha value is -2.25. The lowest BCUT2D eigenvalue weighted by Crippen LogP contribution is -2.52. The quantitative estimate of drug-likeness (QED) is 0.851. The largest absolute Gasteiger partial charge is 0.444 e. The van der Waals surface area contributed by atoms with Gasteiger partial charge < -0.3 is 10.1 Å². The molecular weight excluding hydrogens is 361 g/mol. The van der Waals surface area contributed by atoms with Crippen LogP contribution >= 0.6 is 0 Å². The standard InChI is InChI=1S/C19H25F3N2O3/c1-18(2,3)27-17(26)24-10-5-4-9-15(24)16(25)23-12-13-7-6-8-14(11-13)19(20,21)22/h6-8,11,15H,4-5,9-10,12H2,1-3H3,(H,23,25)/t15-/m1/s1. The van der Waals surface area contributed by atoms with Crippen molar-refractivity contribution >= 4 is 12.0 Å². The molecular formula is C19H25F3N2O3. The summed E-state index contributed by atoms with van der Waals surface area (Å²) in [6.07, 6.45) is -2.93. The summed E-state index contributed by atoms with van der Waals surface area (Å²) in [5, 5.41) is 2.64. The van der Waals surface area contributed by atoms with Gasteiger partial charge in [-0.3, -0.25) is 9.69 Å². The first kappa shape index (κ1) is 21.1. The van der Waals surface area contributed by atoms with Gasteiger partial charge in [-0.2, -0.15) is 13.2 Å². The second kappa shape index (κ2) is 8.19. The number of amides is 2. The van der Waals surface area contributed by atoms with E-state index in [1.165, 1.54) is 17.0 Å². The van der Waals surface area contributed by atoms with E-state index in [-0.39, 0.29) is 6.54 Å². The lowest BCUT2D eigenvalue weighted by Gasteiger charge is -2.35. The number of hydrogen-bond acceptors (Lipinski definition) is 3. The molecule has 1 aliphatic heterocycles. The number of benzene rings is 1. The first-order valence-electron chi connectivity index (χ1n) is 8.91. The summed E-state index contributed by atoms with van der Waals surface area (Å²) in [4.78, 5) is 26.3. The van der Waals surface area contributed by atoms with Gasteiger partial charge in [0.2, 0.25) is 5.91 Å². The fourth-order valence-corrected chi connectivity index (χ4v) is 2.91. The molecule has 5 nitrogen and oxygen atoms in total. The molecule has 1 saturated heterocycles. The van der Waals surface area contributed by atoms with Crippen LogP contribution in [0.4, 0.5) is 18.0 Å². The molecule has 1 aromatic rings. The Labute approximate surface area is 156 Å². The number of alkyl halides is 3. The summed E-state index contributed by atoms with van der Waals surface area (Å²) < 4.78 is 43.7. The third-order valence-corrected chi connectivity index (χ3v) is 4.15. The number of halogens is 3. The van der Waals surface area contributed by atoms with Crippen LogP contribution in [0.1, 0.15) is 51.2 Å². The van der Waals surface area contributed by atoms with E-state index in [1.54, 1.807) is 20.8 Å². The summed E-state index contributed by atoms with van der Waals surface area (Å²) >= 11 is 0. The van der Waals surface area contributed by atoms with Crippen LogP contribution in [0.2, 0.25) is 0 Å². The van der Waals surface area contributed by atoms with E-state index < -0.39 is 35.4 Å². The van der Waals surface area contributed by atoms with Crippen molar-refractivity contribution in [1.82, 2.24) is 10.2 Å². The van der Waals surface area contributed by atoms with Crippen LogP contribution in [0.15, 0.2) is 24.3 Å². The minimum absolute atomic E-state index is 0.0403. The average Bonchev–Trinajstić information content (AvgIpc) is 2.57. The molecule has 0 aliphatic carbocycles. The zero-order chi connectivity index (χ0) is 20.2. The molecule has 1 heterocycles. The van der Waals surface area contributed by atoms with Gasteiger partial charge in [0.05, 0.1) is 5.56 Å². The molecule has 0 bridgehead atoms. The first-order valence-corrected chi connectivity index (χ1v) is 8.91. The van der Waals surface area contributed by atoms with Crippen molar-refractivity contribution < 1.29 is 27.5 Å². The number of rotatable bonds is 3. The number of carbonyl (C=O) groups is 2. The van der Waals surface area contributed by atoms with Crippen molar-refractivity contribution in [3.8, 4) is 0 Å². The zero-order valence-corrected chi connectivity index (χ0v) is 15.7. The lowest BCUT2D eigenvalue weighted by atomic mass is 10.0. The molecule has 2 amide bonds. The van der Waals surface area contributed by atoms with Crippen LogP contribution in [0.5, 0.6) is 0 Å². The molecule has 1 atom stereocenters. The molecule has 0 unspecified atom stereocenters. The van der Waals surface area contributed by atoms with Crippen molar-refractivity contribution in [2.24, 2.45) is 0 Å². The highest BCUT2D eigenvalue weighted by atomic mass is 19.4. The van der Waals surface area contributed by atoms with Crippen molar-refractivity contribution in [3.05, 3.63) is 35.4 Å². The highest BCUT2D eigenvalue weighted by Crippen LogP contribution is 2.29. The summed E-state index contributed by atoms with van der Waals surface area (Å²) in [6, 6.07) is 4.13. The van der Waals surface area contributed by atoms with Gasteiger partial charge in [0, 0.05) is 13.1 Å². The Balaban J connectivity index is 2.02. The average molecular weight is 386 g/mol. The summed E-state index contributed by atoms with van der Waals surface area (Å²) in [5.74, 6) is -0.391. The maximum Gasteiger partial charge on any atom is 0.416 e. The second-order valence-electron chi connectivity index (χ2n) is 7.60. The van der Waals surface area contributed by atoms with Gasteiger partial charge in [-0.25, -0.2) is 4.79 Å². The predicted octanol–water partition coefficient (Wildman–Crippen LogP) is 4.11. The minimum atomic E-state index is -4.43. The number of hydrogen-bond donors (Lipinski definition) is 1. The van der Waals surface area contributed by atoms with E-state index >= 15 is 0 Å². The first-order chi connectivity index (χ1) is 12.5. The number of piperidine rings is 1. The fraction of sp³-hybridized carbons (Fsp3) is 0.579. The number of nitrogens with zero attached hydrogens (tertiary/aromatic N) is 1. The van der Waals surface area contributed by atoms with Crippen LogP contribution in [-0.4, -0.2) is 35.1 Å². The number of carbonyl (C=O) groups excluding carboxylic acids is 2. The normalized spacial score (nSPS) is 18.1. The third kappa shape index (κ3) is 6.15. The monoisotopic (exact) mass is 386 g/mol. The van der Waals surface area contributed by atoms with Crippen LogP contribution in [0.3, 0.4) is 0 Å². The van der Waals surface area contributed by atoms with Crippen molar-refractivity contribution in [2.45, 2.75) is 64.4 Å². The van der Waals surface area contributed by atoms with Gasteiger partial charge in [0.15, 0.2) is 0 Å². The predicted molar refractivity (Wildman–Crippen MR) is 93.9 cm³/mol. The summed E-state index contributed by atoms with van der Waals surface area (Å²) in [6.45, 7) is 5.62. The van der Waals surface area contributed by atoms with E-state index in [1.807, 2.05) is 0 Å². The van der Waals surface area contributed by atoms with Crippen LogP contribution in [-0.2, 0) is 22.3 Å². The molecule has 1 fully saturated rings. The van der Waals surface area contributed by atoms with Crippen LogP contribution < -0.4 is 5.32 Å². The van der Waals surface area contributed by atoms with Crippen molar-refractivity contribution in [1.29, 1.82) is 0 Å². The van der Waals surface area contributed by atoms with Gasteiger partial charge in [0.25, 0.3) is 0 Å². The maximum atomic E-state index is 12.8. The molecule has 0 saturated carbocycles. The van der Waals surface area contributed by atoms with Gasteiger partial charge >= 0.3 is 12.3 Å². The van der Waals surface area contributed by atoms with E-state index in [4.69, 9.17) is 4.74 Å². The van der Waals surface area contributed by atoms with Gasteiger partial charge in [-0.1, -0.05) is 12.1 Å². The topological polar surface area (TPSA) is 58.6 Å². The van der Waals surface area contributed by atoms with Crippen molar-refractivity contribution in [2.75, 3.05) is 6.54 Å². The molecule has 1 N–H and O–H groups in total. The Morgan fingerprint density at radius 3 is 2.56 bits per heavy atom.